The lowest BCUT2D eigenvalue weighted by molar-refractivity contribution is -0.160. The molecule has 2 aromatic carbocycles. The van der Waals surface area contributed by atoms with Crippen molar-refractivity contribution in [3.05, 3.63) is 59.7 Å². The van der Waals surface area contributed by atoms with Crippen molar-refractivity contribution < 1.29 is 28.6 Å². The van der Waals surface area contributed by atoms with Crippen molar-refractivity contribution in [1.82, 2.24) is 5.32 Å². The van der Waals surface area contributed by atoms with E-state index in [0.29, 0.717) is 0 Å². The molecule has 3 rings (SSSR count). The molecule has 1 aliphatic rings. The fourth-order valence-corrected chi connectivity index (χ4v) is 3.61. The normalized spacial score (nSPS) is 13.6. The Hall–Kier alpha value is -3.39. The topological polar surface area (TPSA) is 117 Å². The Labute approximate surface area is 187 Å². The molecule has 1 atom stereocenters. The summed E-state index contributed by atoms with van der Waals surface area (Å²) in [6, 6.07) is 14.8. The summed E-state index contributed by atoms with van der Waals surface area (Å²) in [5.74, 6) is -1.49. The van der Waals surface area contributed by atoms with Gasteiger partial charge in [0.1, 0.15) is 24.9 Å². The third kappa shape index (κ3) is 5.85. The van der Waals surface area contributed by atoms with Gasteiger partial charge in [0.2, 0.25) is 5.91 Å². The van der Waals surface area contributed by atoms with Gasteiger partial charge in [-0.2, -0.15) is 0 Å². The zero-order chi connectivity index (χ0) is 23.3. The third-order valence-electron chi connectivity index (χ3n) is 4.90. The van der Waals surface area contributed by atoms with E-state index in [1.54, 1.807) is 20.8 Å². The SMILES string of the molecule is CC(C)(C)OC(=O)COCC(NC(=O)OCC1c2ccccc2-c2ccccc21)C(N)=O. The highest BCUT2D eigenvalue weighted by atomic mass is 16.6. The van der Waals surface area contributed by atoms with Crippen LogP contribution in [0.1, 0.15) is 37.8 Å². The van der Waals surface area contributed by atoms with Gasteiger partial charge in [-0.25, -0.2) is 9.59 Å². The molecular weight excluding hydrogens is 412 g/mol. The average molecular weight is 440 g/mol. The number of nitrogens with two attached hydrogens (primary N) is 1. The van der Waals surface area contributed by atoms with Gasteiger partial charge >= 0.3 is 12.1 Å². The summed E-state index contributed by atoms with van der Waals surface area (Å²) in [7, 11) is 0. The number of nitrogens with one attached hydrogen (secondary N) is 1. The summed E-state index contributed by atoms with van der Waals surface area (Å²) < 4.78 is 15.7. The predicted molar refractivity (Wildman–Crippen MR) is 118 cm³/mol. The van der Waals surface area contributed by atoms with Crippen LogP contribution in [0.15, 0.2) is 48.5 Å². The van der Waals surface area contributed by atoms with Crippen LogP contribution in [0.2, 0.25) is 0 Å². The van der Waals surface area contributed by atoms with E-state index in [1.807, 2.05) is 48.5 Å². The monoisotopic (exact) mass is 440 g/mol. The number of ether oxygens (including phenoxy) is 3. The molecule has 0 radical (unpaired) electrons. The van der Waals surface area contributed by atoms with E-state index in [2.05, 4.69) is 5.32 Å². The largest absolute Gasteiger partial charge is 0.458 e. The number of carbonyl (C=O) groups excluding carboxylic acids is 3. The molecule has 0 saturated carbocycles. The maximum Gasteiger partial charge on any atom is 0.407 e. The van der Waals surface area contributed by atoms with Gasteiger partial charge in [0.25, 0.3) is 0 Å². The number of esters is 1. The summed E-state index contributed by atoms with van der Waals surface area (Å²) in [5.41, 5.74) is 9.08. The summed E-state index contributed by atoms with van der Waals surface area (Å²) >= 11 is 0. The Balaban J connectivity index is 1.54. The van der Waals surface area contributed by atoms with Crippen LogP contribution in [-0.2, 0) is 23.8 Å². The van der Waals surface area contributed by atoms with E-state index in [-0.39, 0.29) is 25.7 Å². The molecule has 0 saturated heterocycles. The van der Waals surface area contributed by atoms with E-state index in [1.165, 1.54) is 0 Å². The molecule has 0 heterocycles. The lowest BCUT2D eigenvalue weighted by atomic mass is 9.98. The summed E-state index contributed by atoms with van der Waals surface area (Å²) in [6.45, 7) is 4.65. The van der Waals surface area contributed by atoms with E-state index >= 15 is 0 Å². The Morgan fingerprint density at radius 3 is 2.09 bits per heavy atom. The fraction of sp³-hybridized carbons (Fsp3) is 0.375. The van der Waals surface area contributed by atoms with Crippen LogP contribution in [0.3, 0.4) is 0 Å². The third-order valence-corrected chi connectivity index (χ3v) is 4.90. The van der Waals surface area contributed by atoms with Crippen molar-refractivity contribution in [2.45, 2.75) is 38.3 Å². The van der Waals surface area contributed by atoms with Gasteiger partial charge in [0.05, 0.1) is 6.61 Å². The Kier molecular flexibility index (Phi) is 7.15. The van der Waals surface area contributed by atoms with Crippen LogP contribution >= 0.6 is 0 Å². The van der Waals surface area contributed by atoms with Crippen molar-refractivity contribution in [1.29, 1.82) is 0 Å². The molecule has 8 heteroatoms. The van der Waals surface area contributed by atoms with Crippen molar-refractivity contribution in [3.63, 3.8) is 0 Å². The Morgan fingerprint density at radius 1 is 1.00 bits per heavy atom. The second kappa shape index (κ2) is 9.82. The first-order chi connectivity index (χ1) is 15.2. The molecule has 1 unspecified atom stereocenters. The number of amides is 2. The fourth-order valence-electron chi connectivity index (χ4n) is 3.61. The van der Waals surface area contributed by atoms with Crippen molar-refractivity contribution >= 4 is 18.0 Å². The molecule has 0 aliphatic heterocycles. The molecule has 3 N–H and O–H groups in total. The van der Waals surface area contributed by atoms with Crippen molar-refractivity contribution in [2.75, 3.05) is 19.8 Å². The van der Waals surface area contributed by atoms with Crippen LogP contribution < -0.4 is 11.1 Å². The van der Waals surface area contributed by atoms with Gasteiger partial charge in [-0.15, -0.1) is 0 Å². The van der Waals surface area contributed by atoms with Gasteiger partial charge in [-0.05, 0) is 43.0 Å². The summed E-state index contributed by atoms with van der Waals surface area (Å²) in [5, 5.41) is 2.40. The van der Waals surface area contributed by atoms with E-state index in [0.717, 1.165) is 22.3 Å². The zero-order valence-corrected chi connectivity index (χ0v) is 18.4. The maximum absolute atomic E-state index is 12.3. The minimum Gasteiger partial charge on any atom is -0.458 e. The molecule has 0 aromatic heterocycles. The maximum atomic E-state index is 12.3. The molecule has 32 heavy (non-hydrogen) atoms. The minimum absolute atomic E-state index is 0.101. The van der Waals surface area contributed by atoms with E-state index < -0.39 is 29.6 Å². The Morgan fingerprint density at radius 2 is 1.56 bits per heavy atom. The van der Waals surface area contributed by atoms with Crippen molar-refractivity contribution in [2.24, 2.45) is 5.73 Å². The molecule has 2 aromatic rings. The highest BCUT2D eigenvalue weighted by Crippen LogP contribution is 2.44. The van der Waals surface area contributed by atoms with E-state index in [9.17, 15) is 14.4 Å². The van der Waals surface area contributed by atoms with Crippen LogP contribution in [0.25, 0.3) is 11.1 Å². The second-order valence-electron chi connectivity index (χ2n) is 8.53. The van der Waals surface area contributed by atoms with Gasteiger partial charge in [0, 0.05) is 5.92 Å². The number of rotatable bonds is 8. The van der Waals surface area contributed by atoms with E-state index in [4.69, 9.17) is 19.9 Å². The van der Waals surface area contributed by atoms with Crippen LogP contribution in [-0.4, -0.2) is 49.4 Å². The summed E-state index contributed by atoms with van der Waals surface area (Å²) in [6.07, 6.45) is -0.795. The zero-order valence-electron chi connectivity index (χ0n) is 18.4. The number of hydrogen-bond acceptors (Lipinski definition) is 6. The molecule has 2 amide bonds. The smallest absolute Gasteiger partial charge is 0.407 e. The van der Waals surface area contributed by atoms with Crippen molar-refractivity contribution in [3.8, 4) is 11.1 Å². The molecule has 1 aliphatic carbocycles. The van der Waals surface area contributed by atoms with Gasteiger partial charge in [-0.3, -0.25) is 4.79 Å². The molecule has 0 spiro atoms. The first-order valence-corrected chi connectivity index (χ1v) is 10.4. The lowest BCUT2D eigenvalue weighted by Crippen LogP contribution is -2.48. The molecule has 8 nitrogen and oxygen atoms in total. The van der Waals surface area contributed by atoms with Gasteiger partial charge in [-0.1, -0.05) is 48.5 Å². The average Bonchev–Trinajstić information content (AvgIpc) is 3.04. The standard InChI is InChI=1S/C24H28N2O6/c1-24(2,3)32-21(27)14-30-13-20(22(25)28)26-23(29)31-12-19-17-10-6-4-8-15(17)16-9-5-7-11-18(16)19/h4-11,19-20H,12-14H2,1-3H3,(H2,25,28)(H,26,29). The highest BCUT2D eigenvalue weighted by Gasteiger charge is 2.29. The number of hydrogen-bond donors (Lipinski definition) is 2. The van der Waals surface area contributed by atoms with Crippen LogP contribution in [0.4, 0.5) is 4.79 Å². The van der Waals surface area contributed by atoms with Crippen LogP contribution in [0, 0.1) is 0 Å². The molecular formula is C24H28N2O6. The van der Waals surface area contributed by atoms with Crippen LogP contribution in [0.5, 0.6) is 0 Å². The molecule has 0 bridgehead atoms. The number of alkyl carbamates (subject to hydrolysis) is 1. The quantitative estimate of drug-likeness (QED) is 0.610. The predicted octanol–water partition coefficient (Wildman–Crippen LogP) is 2.74. The number of fused-ring (bicyclic) bond motifs is 3. The molecule has 0 fully saturated rings. The first kappa shape index (κ1) is 23.3. The minimum atomic E-state index is -1.15. The molecule has 170 valence electrons. The Bertz CT molecular complexity index is 952. The number of carbonyl (C=O) groups is 3. The second-order valence-corrected chi connectivity index (χ2v) is 8.53. The first-order valence-electron chi connectivity index (χ1n) is 10.4. The lowest BCUT2D eigenvalue weighted by Gasteiger charge is -2.20. The highest BCUT2D eigenvalue weighted by molar-refractivity contribution is 5.84. The van der Waals surface area contributed by atoms with Gasteiger partial charge in [0.15, 0.2) is 0 Å². The number of primary amides is 1. The summed E-state index contributed by atoms with van der Waals surface area (Å²) in [4.78, 5) is 35.7. The van der Waals surface area contributed by atoms with Gasteiger partial charge < -0.3 is 25.3 Å². The number of benzene rings is 2.